The summed E-state index contributed by atoms with van der Waals surface area (Å²) in [7, 11) is 1.57. The van der Waals surface area contributed by atoms with Crippen molar-refractivity contribution in [1.82, 2.24) is 4.90 Å². The molecule has 2 nitrogen and oxygen atoms in total. The van der Waals surface area contributed by atoms with Crippen molar-refractivity contribution >= 4 is 21.8 Å². The summed E-state index contributed by atoms with van der Waals surface area (Å²) in [6.45, 7) is 0. The molecule has 2 fully saturated rings. The van der Waals surface area contributed by atoms with Gasteiger partial charge in [0.25, 0.3) is 6.08 Å². The normalized spacial score (nSPS) is 37.5. The van der Waals surface area contributed by atoms with Gasteiger partial charge in [-0.05, 0) is 6.42 Å². The minimum Gasteiger partial charge on any atom is -0.337 e. The van der Waals surface area contributed by atoms with Gasteiger partial charge in [0, 0.05) is 12.6 Å². The molecule has 0 spiro atoms. The Hall–Kier alpha value is -0.450. The fourth-order valence-electron chi connectivity index (χ4n) is 2.14. The molecule has 2 bridgehead atoms. The molecule has 0 aromatic heterocycles. The van der Waals surface area contributed by atoms with E-state index < -0.39 is 12.1 Å². The van der Waals surface area contributed by atoms with Crippen LogP contribution in [0.25, 0.3) is 0 Å². The lowest BCUT2D eigenvalue weighted by Gasteiger charge is -2.24. The van der Waals surface area contributed by atoms with Gasteiger partial charge < -0.3 is 4.90 Å². The SMILES string of the molecule is CN1C(=O)C2CC(=C(F)F)C1C2Br. The van der Waals surface area contributed by atoms with E-state index in [2.05, 4.69) is 15.9 Å². The summed E-state index contributed by atoms with van der Waals surface area (Å²) in [4.78, 5) is 12.6. The van der Waals surface area contributed by atoms with Gasteiger partial charge in [0.2, 0.25) is 5.91 Å². The second-order valence-electron chi connectivity index (χ2n) is 3.43. The van der Waals surface area contributed by atoms with Gasteiger partial charge in [-0.1, -0.05) is 15.9 Å². The lowest BCUT2D eigenvalue weighted by Crippen LogP contribution is -2.35. The van der Waals surface area contributed by atoms with Crippen molar-refractivity contribution in [2.75, 3.05) is 7.05 Å². The second kappa shape index (κ2) is 2.77. The van der Waals surface area contributed by atoms with Crippen LogP contribution in [0.4, 0.5) is 8.78 Å². The van der Waals surface area contributed by atoms with Gasteiger partial charge in [0.15, 0.2) is 0 Å². The molecule has 1 heterocycles. The van der Waals surface area contributed by atoms with Crippen LogP contribution in [-0.2, 0) is 4.79 Å². The molecule has 0 radical (unpaired) electrons. The third kappa shape index (κ3) is 1.06. The molecule has 1 amide bonds. The number of carbonyl (C=O) groups is 1. The number of likely N-dealkylation sites (tertiary alicyclic amines) is 1. The van der Waals surface area contributed by atoms with Gasteiger partial charge in [0.05, 0.1) is 16.8 Å². The monoisotopic (exact) mass is 251 g/mol. The van der Waals surface area contributed by atoms with Crippen LogP contribution in [0.15, 0.2) is 11.7 Å². The summed E-state index contributed by atoms with van der Waals surface area (Å²) in [5, 5.41) is 0. The Morgan fingerprint density at radius 3 is 2.62 bits per heavy atom. The molecule has 2 rings (SSSR count). The number of piperidine rings is 1. The van der Waals surface area contributed by atoms with Gasteiger partial charge in [-0.2, -0.15) is 8.78 Å². The van der Waals surface area contributed by atoms with Crippen molar-refractivity contribution in [2.24, 2.45) is 5.92 Å². The molecule has 1 aliphatic heterocycles. The molecule has 0 N–H and O–H groups in total. The van der Waals surface area contributed by atoms with Gasteiger partial charge >= 0.3 is 0 Å². The fourth-order valence-corrected chi connectivity index (χ4v) is 3.23. The molecular weight excluding hydrogens is 244 g/mol. The van der Waals surface area contributed by atoms with Crippen molar-refractivity contribution < 1.29 is 13.6 Å². The number of carbonyl (C=O) groups excluding carboxylic acids is 1. The summed E-state index contributed by atoms with van der Waals surface area (Å²) in [6, 6.07) is -0.428. The van der Waals surface area contributed by atoms with Gasteiger partial charge in [-0.3, -0.25) is 4.79 Å². The number of nitrogens with zero attached hydrogens (tertiary/aromatic N) is 1. The fraction of sp³-hybridized carbons (Fsp3) is 0.625. The average molecular weight is 252 g/mol. The maximum atomic E-state index is 12.4. The molecule has 1 saturated heterocycles. The molecule has 5 heteroatoms. The minimum absolute atomic E-state index is 0.0307. The van der Waals surface area contributed by atoms with Crippen molar-refractivity contribution in [2.45, 2.75) is 17.3 Å². The average Bonchev–Trinajstić information content (AvgIpc) is 2.48. The number of amides is 1. The molecule has 0 aromatic carbocycles. The van der Waals surface area contributed by atoms with Crippen LogP contribution < -0.4 is 0 Å². The second-order valence-corrected chi connectivity index (χ2v) is 4.49. The van der Waals surface area contributed by atoms with Crippen LogP contribution in [0.1, 0.15) is 6.42 Å². The summed E-state index contributed by atoms with van der Waals surface area (Å²) in [5.41, 5.74) is 0.119. The highest BCUT2D eigenvalue weighted by molar-refractivity contribution is 9.09. The highest BCUT2D eigenvalue weighted by atomic mass is 79.9. The lowest BCUT2D eigenvalue weighted by atomic mass is 10.1. The molecule has 1 aliphatic carbocycles. The van der Waals surface area contributed by atoms with Crippen LogP contribution in [0.5, 0.6) is 0 Å². The maximum absolute atomic E-state index is 12.4. The van der Waals surface area contributed by atoms with E-state index in [0.717, 1.165) is 0 Å². The molecule has 2 aliphatic rings. The Morgan fingerprint density at radius 1 is 1.62 bits per heavy atom. The van der Waals surface area contributed by atoms with Crippen LogP contribution in [-0.4, -0.2) is 28.7 Å². The van der Waals surface area contributed by atoms with Crippen molar-refractivity contribution in [3.8, 4) is 0 Å². The summed E-state index contributed by atoms with van der Waals surface area (Å²) in [5.74, 6) is -0.316. The first-order chi connectivity index (χ1) is 6.04. The Labute approximate surface area is 82.7 Å². The highest BCUT2D eigenvalue weighted by Crippen LogP contribution is 2.47. The largest absolute Gasteiger partial charge is 0.337 e. The molecular formula is C8H8BrF2NO. The van der Waals surface area contributed by atoms with E-state index in [9.17, 15) is 13.6 Å². The zero-order valence-corrected chi connectivity index (χ0v) is 8.51. The number of alkyl halides is 1. The van der Waals surface area contributed by atoms with E-state index >= 15 is 0 Å². The zero-order chi connectivity index (χ0) is 9.75. The quantitative estimate of drug-likeness (QED) is 0.601. The Balaban J connectivity index is 2.40. The molecule has 0 aromatic rings. The van der Waals surface area contributed by atoms with E-state index in [0.29, 0.717) is 0 Å². The Kier molecular flexibility index (Phi) is 1.94. The van der Waals surface area contributed by atoms with E-state index in [-0.39, 0.29) is 28.6 Å². The number of halogens is 3. The number of fused-ring (bicyclic) bond motifs is 2. The van der Waals surface area contributed by atoms with E-state index in [1.54, 1.807) is 7.05 Å². The Morgan fingerprint density at radius 2 is 2.23 bits per heavy atom. The van der Waals surface area contributed by atoms with Crippen molar-refractivity contribution in [3.05, 3.63) is 11.7 Å². The predicted octanol–water partition coefficient (Wildman–Crippen LogP) is 1.76. The number of rotatable bonds is 0. The third-order valence-electron chi connectivity index (χ3n) is 2.81. The standard InChI is InChI=1S/C8H8BrF2NO/c1-12-6-4(7(10)11)2-3(5(6)9)8(12)13/h3,5-6H,2H2,1H3. The molecule has 72 valence electrons. The van der Waals surface area contributed by atoms with Crippen LogP contribution in [0.2, 0.25) is 0 Å². The van der Waals surface area contributed by atoms with E-state index in [1.807, 2.05) is 0 Å². The summed E-state index contributed by atoms with van der Waals surface area (Å²) >= 11 is 3.29. The number of hydrogen-bond acceptors (Lipinski definition) is 1. The molecule has 3 atom stereocenters. The highest BCUT2D eigenvalue weighted by Gasteiger charge is 2.54. The zero-order valence-electron chi connectivity index (χ0n) is 6.93. The number of hydrogen-bond donors (Lipinski definition) is 0. The first-order valence-corrected chi connectivity index (χ1v) is 4.90. The van der Waals surface area contributed by atoms with E-state index in [1.165, 1.54) is 4.90 Å². The van der Waals surface area contributed by atoms with Crippen molar-refractivity contribution in [3.63, 3.8) is 0 Å². The minimum atomic E-state index is -1.63. The first kappa shape index (κ1) is 9.12. The van der Waals surface area contributed by atoms with E-state index in [4.69, 9.17) is 0 Å². The first-order valence-electron chi connectivity index (χ1n) is 3.99. The molecule has 3 unspecified atom stereocenters. The third-order valence-corrected chi connectivity index (χ3v) is 3.95. The molecule has 13 heavy (non-hydrogen) atoms. The lowest BCUT2D eigenvalue weighted by molar-refractivity contribution is -0.131. The van der Waals surface area contributed by atoms with Crippen LogP contribution in [0, 0.1) is 5.92 Å². The smallest absolute Gasteiger partial charge is 0.271 e. The summed E-state index contributed by atoms with van der Waals surface area (Å²) in [6.07, 6.45) is -1.41. The number of likely N-dealkylation sites (N-methyl/N-ethyl adjacent to an activating group) is 1. The van der Waals surface area contributed by atoms with Gasteiger partial charge in [0.1, 0.15) is 0 Å². The molecule has 1 saturated carbocycles. The van der Waals surface area contributed by atoms with Crippen molar-refractivity contribution in [1.29, 1.82) is 0 Å². The topological polar surface area (TPSA) is 20.3 Å². The van der Waals surface area contributed by atoms with Gasteiger partial charge in [-0.25, -0.2) is 0 Å². The van der Waals surface area contributed by atoms with Gasteiger partial charge in [-0.15, -0.1) is 0 Å². The Bertz CT molecular complexity index is 301. The van der Waals surface area contributed by atoms with Crippen LogP contribution in [0.3, 0.4) is 0 Å². The predicted molar refractivity (Wildman–Crippen MR) is 46.6 cm³/mol. The van der Waals surface area contributed by atoms with Crippen LogP contribution >= 0.6 is 15.9 Å². The summed E-state index contributed by atoms with van der Waals surface area (Å²) < 4.78 is 24.8. The maximum Gasteiger partial charge on any atom is 0.271 e.